The number of hydrogen-bond acceptors (Lipinski definition) is 6. The van der Waals surface area contributed by atoms with Gasteiger partial charge in [-0.25, -0.2) is 4.98 Å². The zero-order valence-electron chi connectivity index (χ0n) is 13.1. The van der Waals surface area contributed by atoms with Crippen LogP contribution < -0.4 is 4.90 Å². The summed E-state index contributed by atoms with van der Waals surface area (Å²) in [5.74, 6) is 0. The molecule has 2 aromatic rings. The minimum Gasteiger partial charge on any atom is -0.390 e. The number of ether oxygens (including phenoxy) is 1. The van der Waals surface area contributed by atoms with Crippen molar-refractivity contribution in [1.29, 1.82) is 0 Å². The van der Waals surface area contributed by atoms with Crippen LogP contribution in [0, 0.1) is 0 Å². The molecule has 22 heavy (non-hydrogen) atoms. The van der Waals surface area contributed by atoms with Crippen LogP contribution in [-0.2, 0) is 11.8 Å². The van der Waals surface area contributed by atoms with Gasteiger partial charge < -0.3 is 14.7 Å². The number of rotatable bonds is 5. The normalized spacial score (nSPS) is 17.8. The minimum absolute atomic E-state index is 0.400. The van der Waals surface area contributed by atoms with Gasteiger partial charge in [-0.1, -0.05) is 0 Å². The predicted molar refractivity (Wildman–Crippen MR) is 85.0 cm³/mol. The summed E-state index contributed by atoms with van der Waals surface area (Å²) >= 11 is 0. The molecule has 7 nitrogen and oxygen atoms in total. The molecule has 0 aromatic carbocycles. The molecule has 120 valence electrons. The summed E-state index contributed by atoms with van der Waals surface area (Å²) in [6.45, 7) is 4.54. The Morgan fingerprint density at radius 1 is 1.41 bits per heavy atom. The number of nitrogens with zero attached hydrogens (tertiary/aromatic N) is 5. The van der Waals surface area contributed by atoms with Gasteiger partial charge in [0, 0.05) is 46.5 Å². The summed E-state index contributed by atoms with van der Waals surface area (Å²) in [5.41, 5.74) is 1.89. The van der Waals surface area contributed by atoms with Gasteiger partial charge in [0.1, 0.15) is 0 Å². The zero-order chi connectivity index (χ0) is 15.5. The Balaban J connectivity index is 1.66. The Kier molecular flexibility index (Phi) is 4.56. The predicted octanol–water partition coefficient (Wildman–Crippen LogP) is 0.0976. The van der Waals surface area contributed by atoms with E-state index in [0.717, 1.165) is 43.0 Å². The van der Waals surface area contributed by atoms with Crippen LogP contribution in [-0.4, -0.2) is 77.3 Å². The minimum atomic E-state index is -0.400. The van der Waals surface area contributed by atoms with Crippen molar-refractivity contribution in [1.82, 2.24) is 19.7 Å². The van der Waals surface area contributed by atoms with E-state index in [9.17, 15) is 5.11 Å². The lowest BCUT2D eigenvalue weighted by atomic mass is 10.2. The average Bonchev–Trinajstić information content (AvgIpc) is 2.89. The molecule has 1 N–H and O–H groups in total. The van der Waals surface area contributed by atoms with Crippen LogP contribution in [0.1, 0.15) is 0 Å². The number of anilines is 1. The molecule has 0 saturated carbocycles. The van der Waals surface area contributed by atoms with Gasteiger partial charge in [0.15, 0.2) is 5.65 Å². The van der Waals surface area contributed by atoms with E-state index in [4.69, 9.17) is 4.74 Å². The maximum absolute atomic E-state index is 10.3. The number of aliphatic hydroxyl groups is 1. The zero-order valence-corrected chi connectivity index (χ0v) is 13.1. The number of aryl methyl sites for hydroxylation is 1. The van der Waals surface area contributed by atoms with E-state index < -0.39 is 6.10 Å². The van der Waals surface area contributed by atoms with Crippen molar-refractivity contribution in [3.05, 3.63) is 18.5 Å². The first kappa shape index (κ1) is 15.2. The molecule has 0 amide bonds. The first-order chi connectivity index (χ1) is 10.6. The van der Waals surface area contributed by atoms with E-state index >= 15 is 0 Å². The number of pyridine rings is 1. The van der Waals surface area contributed by atoms with E-state index in [-0.39, 0.29) is 0 Å². The van der Waals surface area contributed by atoms with Crippen molar-refractivity contribution < 1.29 is 9.84 Å². The fourth-order valence-corrected chi connectivity index (χ4v) is 2.92. The van der Waals surface area contributed by atoms with E-state index in [0.29, 0.717) is 13.1 Å². The van der Waals surface area contributed by atoms with Gasteiger partial charge >= 0.3 is 0 Å². The third-order valence-corrected chi connectivity index (χ3v) is 4.08. The van der Waals surface area contributed by atoms with Crippen molar-refractivity contribution in [2.75, 3.05) is 51.3 Å². The fourth-order valence-electron chi connectivity index (χ4n) is 2.92. The van der Waals surface area contributed by atoms with E-state index in [1.807, 2.05) is 26.4 Å². The lowest BCUT2D eigenvalue weighted by Crippen LogP contribution is -2.44. The number of likely N-dealkylation sites (N-methyl/N-ethyl adjacent to an activating group) is 1. The fraction of sp³-hybridized carbons (Fsp3) is 0.600. The van der Waals surface area contributed by atoms with Crippen LogP contribution in [0.25, 0.3) is 11.0 Å². The molecule has 1 atom stereocenters. The second-order valence-corrected chi connectivity index (χ2v) is 5.78. The summed E-state index contributed by atoms with van der Waals surface area (Å²) in [5, 5.41) is 15.6. The summed E-state index contributed by atoms with van der Waals surface area (Å²) in [4.78, 5) is 8.66. The van der Waals surface area contributed by atoms with Gasteiger partial charge in [0.05, 0.1) is 36.6 Å². The Labute approximate surface area is 130 Å². The average molecular weight is 305 g/mol. The first-order valence-corrected chi connectivity index (χ1v) is 7.61. The molecule has 1 aliphatic heterocycles. The number of aliphatic hydroxyl groups excluding tert-OH is 1. The highest BCUT2D eigenvalue weighted by Crippen LogP contribution is 2.23. The van der Waals surface area contributed by atoms with Gasteiger partial charge in [-0.05, 0) is 6.07 Å². The smallest absolute Gasteiger partial charge is 0.159 e. The molecular weight excluding hydrogens is 282 g/mol. The highest BCUT2D eigenvalue weighted by molar-refractivity contribution is 5.88. The maximum atomic E-state index is 10.3. The van der Waals surface area contributed by atoms with Crippen LogP contribution in [0.3, 0.4) is 0 Å². The van der Waals surface area contributed by atoms with Gasteiger partial charge in [0.2, 0.25) is 0 Å². The summed E-state index contributed by atoms with van der Waals surface area (Å²) in [6, 6.07) is 1.96. The summed E-state index contributed by atoms with van der Waals surface area (Å²) in [7, 11) is 3.87. The number of hydrogen-bond donors (Lipinski definition) is 1. The van der Waals surface area contributed by atoms with Crippen LogP contribution in [0.5, 0.6) is 0 Å². The lowest BCUT2D eigenvalue weighted by molar-refractivity contribution is 0.0163. The Hall–Kier alpha value is -1.70. The largest absolute Gasteiger partial charge is 0.390 e. The van der Waals surface area contributed by atoms with Crippen LogP contribution in [0.15, 0.2) is 18.5 Å². The van der Waals surface area contributed by atoms with E-state index in [1.54, 1.807) is 10.9 Å². The van der Waals surface area contributed by atoms with Crippen LogP contribution in [0.2, 0.25) is 0 Å². The van der Waals surface area contributed by atoms with E-state index in [2.05, 4.69) is 19.9 Å². The number of aromatic nitrogens is 3. The molecular formula is C15H23N5O2. The molecule has 0 radical (unpaired) electrons. The quantitative estimate of drug-likeness (QED) is 0.845. The maximum Gasteiger partial charge on any atom is 0.159 e. The molecule has 0 aliphatic carbocycles. The van der Waals surface area contributed by atoms with Gasteiger partial charge in [-0.2, -0.15) is 5.10 Å². The Bertz CT molecular complexity index is 623. The molecule has 3 rings (SSSR count). The standard InChI is InChI=1S/C15H23N5O2/c1-18(10-12(21)11-20-5-7-22-8-6-20)14-3-4-16-15-13(14)9-17-19(15)2/h3-4,9,12,21H,5-8,10-11H2,1-2H3. The molecule has 1 fully saturated rings. The van der Waals surface area contributed by atoms with Crippen LogP contribution in [0.4, 0.5) is 5.69 Å². The van der Waals surface area contributed by atoms with Gasteiger partial charge in [0.25, 0.3) is 0 Å². The SMILES string of the molecule is CN(CC(O)CN1CCOCC1)c1ccnc2c1cnn2C. The molecule has 0 bridgehead atoms. The van der Waals surface area contributed by atoms with Crippen molar-refractivity contribution in [2.24, 2.45) is 7.05 Å². The monoisotopic (exact) mass is 305 g/mol. The van der Waals surface area contributed by atoms with Gasteiger partial charge in [-0.3, -0.25) is 9.58 Å². The molecule has 1 aliphatic rings. The second-order valence-electron chi connectivity index (χ2n) is 5.78. The van der Waals surface area contributed by atoms with Crippen molar-refractivity contribution in [3.8, 4) is 0 Å². The Morgan fingerprint density at radius 2 is 2.18 bits per heavy atom. The lowest BCUT2D eigenvalue weighted by Gasteiger charge is -2.30. The van der Waals surface area contributed by atoms with Crippen molar-refractivity contribution in [2.45, 2.75) is 6.10 Å². The molecule has 3 heterocycles. The first-order valence-electron chi connectivity index (χ1n) is 7.61. The van der Waals surface area contributed by atoms with Crippen molar-refractivity contribution in [3.63, 3.8) is 0 Å². The molecule has 1 unspecified atom stereocenters. The number of β-amino-alcohol motifs (C(OH)–C–C–N with tert-alkyl or cyclic N) is 1. The molecule has 2 aromatic heterocycles. The molecule has 7 heteroatoms. The number of morpholine rings is 1. The highest BCUT2D eigenvalue weighted by atomic mass is 16.5. The van der Waals surface area contributed by atoms with Crippen LogP contribution >= 0.6 is 0 Å². The topological polar surface area (TPSA) is 66.7 Å². The second kappa shape index (κ2) is 6.60. The third-order valence-electron chi connectivity index (χ3n) is 4.08. The van der Waals surface area contributed by atoms with E-state index in [1.165, 1.54) is 0 Å². The summed E-state index contributed by atoms with van der Waals surface area (Å²) in [6.07, 6.45) is 3.20. The summed E-state index contributed by atoms with van der Waals surface area (Å²) < 4.78 is 7.09. The third kappa shape index (κ3) is 3.21. The highest BCUT2D eigenvalue weighted by Gasteiger charge is 2.17. The number of fused-ring (bicyclic) bond motifs is 1. The molecule has 0 spiro atoms. The van der Waals surface area contributed by atoms with Gasteiger partial charge in [-0.15, -0.1) is 0 Å². The van der Waals surface area contributed by atoms with Crippen molar-refractivity contribution >= 4 is 16.7 Å². The molecule has 1 saturated heterocycles. The Morgan fingerprint density at radius 3 is 2.95 bits per heavy atom.